The second-order valence-electron chi connectivity index (χ2n) is 3.85. The Hall–Kier alpha value is -0.940. The Morgan fingerprint density at radius 3 is 2.33 bits per heavy atom. The summed E-state index contributed by atoms with van der Waals surface area (Å²) in [6.45, 7) is 0. The molecule has 1 atom stereocenters. The molecule has 94 valence electrons. The third kappa shape index (κ3) is 3.09. The monoisotopic (exact) mass is 328 g/mol. The first-order valence-corrected chi connectivity index (χ1v) is 6.45. The van der Waals surface area contributed by atoms with E-state index in [2.05, 4.69) is 21.4 Å². The Kier molecular flexibility index (Phi) is 4.35. The van der Waals surface area contributed by atoms with Gasteiger partial charge in [-0.05, 0) is 41.5 Å². The molecule has 0 aromatic heterocycles. The number of rotatable bonds is 3. The predicted molar refractivity (Wildman–Crippen MR) is 74.7 cm³/mol. The van der Waals surface area contributed by atoms with Crippen LogP contribution in [0.4, 0.5) is 4.39 Å². The van der Waals surface area contributed by atoms with Gasteiger partial charge in [0, 0.05) is 9.50 Å². The summed E-state index contributed by atoms with van der Waals surface area (Å²) in [5, 5.41) is 0.648. The zero-order chi connectivity index (χ0) is 13.1. The summed E-state index contributed by atoms with van der Waals surface area (Å²) in [5.74, 6) is 5.24. The third-order valence-electron chi connectivity index (χ3n) is 2.59. The largest absolute Gasteiger partial charge is 0.271 e. The molecule has 0 saturated carbocycles. The maximum atomic E-state index is 13.4. The summed E-state index contributed by atoms with van der Waals surface area (Å²) in [7, 11) is 0. The molecule has 0 heterocycles. The summed E-state index contributed by atoms with van der Waals surface area (Å²) in [4.78, 5) is 0. The molecule has 1 unspecified atom stereocenters. The maximum absolute atomic E-state index is 13.4. The van der Waals surface area contributed by atoms with E-state index in [-0.39, 0.29) is 11.9 Å². The van der Waals surface area contributed by atoms with Gasteiger partial charge in [-0.3, -0.25) is 5.84 Å². The lowest BCUT2D eigenvalue weighted by molar-refractivity contribution is 0.604. The second-order valence-corrected chi connectivity index (χ2v) is 5.21. The first-order chi connectivity index (χ1) is 8.60. The molecule has 0 aliphatic carbocycles. The Bertz CT molecular complexity index is 525. The van der Waals surface area contributed by atoms with E-state index in [0.29, 0.717) is 9.50 Å². The first kappa shape index (κ1) is 13.5. The van der Waals surface area contributed by atoms with Crippen LogP contribution in [0.2, 0.25) is 5.02 Å². The Balaban J connectivity index is 2.41. The second kappa shape index (κ2) is 5.80. The molecule has 2 aromatic carbocycles. The standard InChI is InChI=1S/C13H11BrClFN2/c14-10-5-9(6-12(16)7-10)13(18-17)8-1-3-11(15)4-2-8/h1-7,13,18H,17H2. The van der Waals surface area contributed by atoms with Gasteiger partial charge in [-0.2, -0.15) is 0 Å². The van der Waals surface area contributed by atoms with Crippen LogP contribution in [0.15, 0.2) is 46.9 Å². The quantitative estimate of drug-likeness (QED) is 0.664. The molecule has 2 aromatic rings. The van der Waals surface area contributed by atoms with Gasteiger partial charge in [-0.15, -0.1) is 0 Å². The van der Waals surface area contributed by atoms with Crippen LogP contribution in [0.1, 0.15) is 17.2 Å². The molecule has 0 fully saturated rings. The summed E-state index contributed by atoms with van der Waals surface area (Å²) in [5.41, 5.74) is 4.34. The summed E-state index contributed by atoms with van der Waals surface area (Å²) in [6, 6.07) is 11.6. The third-order valence-corrected chi connectivity index (χ3v) is 3.30. The van der Waals surface area contributed by atoms with Gasteiger partial charge in [0.1, 0.15) is 5.82 Å². The van der Waals surface area contributed by atoms with Crippen LogP contribution in [0.5, 0.6) is 0 Å². The van der Waals surface area contributed by atoms with Crippen LogP contribution < -0.4 is 11.3 Å². The number of hydrazine groups is 1. The van der Waals surface area contributed by atoms with Crippen molar-refractivity contribution in [1.29, 1.82) is 0 Å². The predicted octanol–water partition coefficient (Wildman–Crippen LogP) is 3.79. The van der Waals surface area contributed by atoms with E-state index in [0.717, 1.165) is 11.1 Å². The van der Waals surface area contributed by atoms with Crippen molar-refractivity contribution in [3.63, 3.8) is 0 Å². The molecule has 3 N–H and O–H groups in total. The summed E-state index contributed by atoms with van der Waals surface area (Å²) >= 11 is 9.10. The van der Waals surface area contributed by atoms with Crippen molar-refractivity contribution in [2.24, 2.45) is 5.84 Å². The lowest BCUT2D eigenvalue weighted by atomic mass is 9.99. The summed E-state index contributed by atoms with van der Waals surface area (Å²) < 4.78 is 14.1. The average molecular weight is 330 g/mol. The molecule has 0 bridgehead atoms. The van der Waals surface area contributed by atoms with E-state index in [4.69, 9.17) is 17.4 Å². The van der Waals surface area contributed by atoms with Gasteiger partial charge < -0.3 is 0 Å². The fourth-order valence-corrected chi connectivity index (χ4v) is 2.39. The van der Waals surface area contributed by atoms with Gasteiger partial charge in [0.15, 0.2) is 0 Å². The molecule has 2 nitrogen and oxygen atoms in total. The molecule has 0 radical (unpaired) electrons. The van der Waals surface area contributed by atoms with Crippen LogP contribution in [-0.2, 0) is 0 Å². The van der Waals surface area contributed by atoms with Crippen molar-refractivity contribution in [1.82, 2.24) is 5.43 Å². The lowest BCUT2D eigenvalue weighted by Gasteiger charge is -2.17. The van der Waals surface area contributed by atoms with E-state index in [1.165, 1.54) is 12.1 Å². The van der Waals surface area contributed by atoms with Gasteiger partial charge >= 0.3 is 0 Å². The number of halogens is 3. The lowest BCUT2D eigenvalue weighted by Crippen LogP contribution is -2.28. The minimum atomic E-state index is -0.311. The highest BCUT2D eigenvalue weighted by Gasteiger charge is 2.13. The molecule has 0 aliphatic rings. The number of benzene rings is 2. The maximum Gasteiger partial charge on any atom is 0.124 e. The van der Waals surface area contributed by atoms with Crippen molar-refractivity contribution in [3.05, 3.63) is 68.9 Å². The average Bonchev–Trinajstić information content (AvgIpc) is 2.31. The molecule has 2 rings (SSSR count). The SMILES string of the molecule is NNC(c1ccc(Cl)cc1)c1cc(F)cc(Br)c1. The molecular weight excluding hydrogens is 319 g/mol. The summed E-state index contributed by atoms with van der Waals surface area (Å²) in [6.07, 6.45) is 0. The van der Waals surface area contributed by atoms with Crippen LogP contribution in [0, 0.1) is 5.82 Å². The van der Waals surface area contributed by atoms with E-state index in [1.807, 2.05) is 18.2 Å². The van der Waals surface area contributed by atoms with Crippen molar-refractivity contribution >= 4 is 27.5 Å². The molecule has 0 saturated heterocycles. The topological polar surface area (TPSA) is 38.0 Å². The highest BCUT2D eigenvalue weighted by molar-refractivity contribution is 9.10. The Morgan fingerprint density at radius 2 is 1.78 bits per heavy atom. The van der Waals surface area contributed by atoms with Crippen molar-refractivity contribution in [2.75, 3.05) is 0 Å². The van der Waals surface area contributed by atoms with Gasteiger partial charge in [0.05, 0.1) is 6.04 Å². The fraction of sp³-hybridized carbons (Fsp3) is 0.0769. The number of hydrogen-bond acceptors (Lipinski definition) is 2. The smallest absolute Gasteiger partial charge is 0.124 e. The van der Waals surface area contributed by atoms with Crippen LogP contribution in [-0.4, -0.2) is 0 Å². The molecule has 0 aliphatic heterocycles. The number of hydrogen-bond donors (Lipinski definition) is 2. The highest BCUT2D eigenvalue weighted by Crippen LogP contribution is 2.26. The van der Waals surface area contributed by atoms with Crippen molar-refractivity contribution < 1.29 is 4.39 Å². The van der Waals surface area contributed by atoms with Gasteiger partial charge in [0.2, 0.25) is 0 Å². The van der Waals surface area contributed by atoms with E-state index >= 15 is 0 Å². The fourth-order valence-electron chi connectivity index (χ4n) is 1.78. The zero-order valence-corrected chi connectivity index (χ0v) is 11.7. The highest BCUT2D eigenvalue weighted by atomic mass is 79.9. The van der Waals surface area contributed by atoms with Crippen molar-refractivity contribution in [2.45, 2.75) is 6.04 Å². The van der Waals surface area contributed by atoms with Crippen LogP contribution in [0.3, 0.4) is 0 Å². The van der Waals surface area contributed by atoms with E-state index in [1.54, 1.807) is 12.1 Å². The molecule has 0 amide bonds. The molecular formula is C13H11BrClFN2. The zero-order valence-electron chi connectivity index (χ0n) is 9.33. The van der Waals surface area contributed by atoms with E-state index in [9.17, 15) is 4.39 Å². The first-order valence-electron chi connectivity index (χ1n) is 5.28. The van der Waals surface area contributed by atoms with Gasteiger partial charge in [-0.1, -0.05) is 39.7 Å². The van der Waals surface area contributed by atoms with Crippen LogP contribution >= 0.6 is 27.5 Å². The minimum Gasteiger partial charge on any atom is -0.271 e. The van der Waals surface area contributed by atoms with E-state index < -0.39 is 0 Å². The van der Waals surface area contributed by atoms with Gasteiger partial charge in [0.25, 0.3) is 0 Å². The van der Waals surface area contributed by atoms with Crippen LogP contribution in [0.25, 0.3) is 0 Å². The Labute approximate surface area is 118 Å². The normalized spacial score (nSPS) is 12.4. The van der Waals surface area contributed by atoms with Gasteiger partial charge in [-0.25, -0.2) is 9.82 Å². The molecule has 5 heteroatoms. The minimum absolute atomic E-state index is 0.283. The van der Waals surface area contributed by atoms with Crippen molar-refractivity contribution in [3.8, 4) is 0 Å². The number of nitrogens with two attached hydrogens (primary N) is 1. The number of nitrogens with one attached hydrogen (secondary N) is 1. The Morgan fingerprint density at radius 1 is 1.11 bits per heavy atom. The molecule has 0 spiro atoms. The molecule has 18 heavy (non-hydrogen) atoms.